The minimum Gasteiger partial charge on any atom is -0.246 e. The van der Waals surface area contributed by atoms with Crippen molar-refractivity contribution in [1.29, 1.82) is 0 Å². The minimum absolute atomic E-state index is 0.0255. The van der Waals surface area contributed by atoms with E-state index >= 15 is 0 Å². The molecule has 0 atom stereocenters. The second-order valence-electron chi connectivity index (χ2n) is 1.91. The van der Waals surface area contributed by atoms with Crippen molar-refractivity contribution in [2.45, 2.75) is 6.67 Å². The Morgan fingerprint density at radius 1 is 1.00 bits per heavy atom. The zero-order valence-electron chi connectivity index (χ0n) is 5.07. The van der Waals surface area contributed by atoms with Crippen LogP contribution in [0.4, 0.5) is 13.2 Å². The first-order valence-electron chi connectivity index (χ1n) is 2.73. The SMILES string of the molecule is FCc1cc(F)cc(F)c1. The maximum Gasteiger partial charge on any atom is 0.126 e. The summed E-state index contributed by atoms with van der Waals surface area (Å²) < 4.78 is 36.2. The summed E-state index contributed by atoms with van der Waals surface area (Å²) in [6, 6.07) is 2.63. The van der Waals surface area contributed by atoms with Crippen LogP contribution in [0.3, 0.4) is 0 Å². The van der Waals surface area contributed by atoms with Crippen LogP contribution >= 0.6 is 0 Å². The van der Waals surface area contributed by atoms with Crippen LogP contribution in [0.5, 0.6) is 0 Å². The van der Waals surface area contributed by atoms with Gasteiger partial charge in [-0.05, 0) is 17.7 Å². The van der Waals surface area contributed by atoms with Crippen LogP contribution in [0, 0.1) is 11.6 Å². The number of rotatable bonds is 1. The smallest absolute Gasteiger partial charge is 0.126 e. The Kier molecular flexibility index (Phi) is 1.94. The third-order valence-corrected chi connectivity index (χ3v) is 1.08. The first-order valence-corrected chi connectivity index (χ1v) is 2.73. The summed E-state index contributed by atoms with van der Waals surface area (Å²) >= 11 is 0. The average molecular weight is 146 g/mol. The van der Waals surface area contributed by atoms with Gasteiger partial charge in [-0.15, -0.1) is 0 Å². The Hall–Kier alpha value is -0.990. The molecule has 0 nitrogen and oxygen atoms in total. The van der Waals surface area contributed by atoms with E-state index in [1.54, 1.807) is 0 Å². The highest BCUT2D eigenvalue weighted by atomic mass is 19.1. The van der Waals surface area contributed by atoms with Crippen molar-refractivity contribution in [2.24, 2.45) is 0 Å². The van der Waals surface area contributed by atoms with E-state index in [0.29, 0.717) is 6.07 Å². The Balaban J connectivity index is 3.06. The lowest BCUT2D eigenvalue weighted by atomic mass is 10.2. The predicted octanol–water partition coefficient (Wildman–Crippen LogP) is 2.43. The van der Waals surface area contributed by atoms with E-state index in [-0.39, 0.29) is 5.56 Å². The summed E-state index contributed by atoms with van der Waals surface area (Å²) in [5, 5.41) is 0. The molecule has 54 valence electrons. The molecule has 1 aromatic rings. The lowest BCUT2D eigenvalue weighted by Crippen LogP contribution is -1.84. The van der Waals surface area contributed by atoms with Gasteiger partial charge in [-0.3, -0.25) is 0 Å². The van der Waals surface area contributed by atoms with Crippen molar-refractivity contribution in [3.05, 3.63) is 35.4 Å². The van der Waals surface area contributed by atoms with Crippen molar-refractivity contribution >= 4 is 0 Å². The first kappa shape index (κ1) is 7.12. The van der Waals surface area contributed by atoms with Crippen LogP contribution in [0.1, 0.15) is 5.56 Å². The van der Waals surface area contributed by atoms with E-state index < -0.39 is 18.3 Å². The van der Waals surface area contributed by atoms with Crippen molar-refractivity contribution in [3.63, 3.8) is 0 Å². The summed E-state index contributed by atoms with van der Waals surface area (Å²) in [5.41, 5.74) is 0.0255. The largest absolute Gasteiger partial charge is 0.246 e. The van der Waals surface area contributed by atoms with Crippen molar-refractivity contribution in [3.8, 4) is 0 Å². The lowest BCUT2D eigenvalue weighted by Gasteiger charge is -1.93. The van der Waals surface area contributed by atoms with Crippen molar-refractivity contribution in [1.82, 2.24) is 0 Å². The highest BCUT2D eigenvalue weighted by Gasteiger charge is 1.98. The number of alkyl halides is 1. The zero-order valence-corrected chi connectivity index (χ0v) is 5.07. The fourth-order valence-corrected chi connectivity index (χ4v) is 0.688. The molecule has 0 spiro atoms. The van der Waals surface area contributed by atoms with Crippen LogP contribution in [-0.2, 0) is 6.67 Å². The highest BCUT2D eigenvalue weighted by molar-refractivity contribution is 5.16. The molecular weight excluding hydrogens is 141 g/mol. The molecule has 0 aliphatic rings. The maximum atomic E-state index is 12.2. The quantitative estimate of drug-likeness (QED) is 0.570. The summed E-state index contributed by atoms with van der Waals surface area (Å²) in [5.74, 6) is -1.49. The first-order chi connectivity index (χ1) is 4.72. The van der Waals surface area contributed by atoms with E-state index in [4.69, 9.17) is 0 Å². The minimum atomic E-state index is -0.839. The van der Waals surface area contributed by atoms with Crippen LogP contribution in [-0.4, -0.2) is 0 Å². The second-order valence-corrected chi connectivity index (χ2v) is 1.91. The summed E-state index contributed by atoms with van der Waals surface area (Å²) in [6.07, 6.45) is 0. The van der Waals surface area contributed by atoms with Gasteiger partial charge in [-0.1, -0.05) is 0 Å². The molecule has 0 saturated carbocycles. The molecule has 0 unspecified atom stereocenters. The van der Waals surface area contributed by atoms with Gasteiger partial charge in [0.05, 0.1) is 0 Å². The second kappa shape index (κ2) is 2.73. The lowest BCUT2D eigenvalue weighted by molar-refractivity contribution is 0.477. The number of benzene rings is 1. The highest BCUT2D eigenvalue weighted by Crippen LogP contribution is 2.08. The normalized spacial score (nSPS) is 9.90. The molecule has 3 heteroatoms. The van der Waals surface area contributed by atoms with Gasteiger partial charge in [-0.2, -0.15) is 0 Å². The fourth-order valence-electron chi connectivity index (χ4n) is 0.688. The van der Waals surface area contributed by atoms with Gasteiger partial charge in [0.2, 0.25) is 0 Å². The molecule has 0 aliphatic carbocycles. The topological polar surface area (TPSA) is 0 Å². The molecule has 0 saturated heterocycles. The zero-order chi connectivity index (χ0) is 7.56. The standard InChI is InChI=1S/C7H5F3/c8-4-5-1-6(9)3-7(10)2-5/h1-3H,4H2. The molecule has 1 rings (SSSR count). The van der Waals surface area contributed by atoms with Gasteiger partial charge in [-0.25, -0.2) is 13.2 Å². The molecule has 0 bridgehead atoms. The van der Waals surface area contributed by atoms with Crippen LogP contribution in [0.25, 0.3) is 0 Å². The molecule has 0 N–H and O–H groups in total. The Morgan fingerprint density at radius 3 is 1.90 bits per heavy atom. The summed E-state index contributed by atoms with van der Waals surface area (Å²) in [4.78, 5) is 0. The van der Waals surface area contributed by atoms with E-state index in [9.17, 15) is 13.2 Å². The average Bonchev–Trinajstić information content (AvgIpc) is 1.85. The van der Waals surface area contributed by atoms with Gasteiger partial charge in [0.25, 0.3) is 0 Å². The van der Waals surface area contributed by atoms with Crippen molar-refractivity contribution < 1.29 is 13.2 Å². The van der Waals surface area contributed by atoms with Crippen LogP contribution in [0.15, 0.2) is 18.2 Å². The van der Waals surface area contributed by atoms with E-state index in [0.717, 1.165) is 12.1 Å². The predicted molar refractivity (Wildman–Crippen MR) is 31.2 cm³/mol. The Morgan fingerprint density at radius 2 is 1.50 bits per heavy atom. The van der Waals surface area contributed by atoms with Gasteiger partial charge in [0.1, 0.15) is 18.3 Å². The monoisotopic (exact) mass is 146 g/mol. The van der Waals surface area contributed by atoms with E-state index in [2.05, 4.69) is 0 Å². The summed E-state index contributed by atoms with van der Waals surface area (Å²) in [6.45, 7) is -0.839. The Labute approximate surface area is 56.3 Å². The Bertz CT molecular complexity index is 212. The molecule has 0 heterocycles. The van der Waals surface area contributed by atoms with Gasteiger partial charge in [0, 0.05) is 6.07 Å². The van der Waals surface area contributed by atoms with Gasteiger partial charge in [0.15, 0.2) is 0 Å². The van der Waals surface area contributed by atoms with Crippen LogP contribution < -0.4 is 0 Å². The molecule has 0 fully saturated rings. The number of halogens is 3. The number of hydrogen-bond donors (Lipinski definition) is 0. The molecule has 10 heavy (non-hydrogen) atoms. The van der Waals surface area contributed by atoms with Crippen LogP contribution in [0.2, 0.25) is 0 Å². The van der Waals surface area contributed by atoms with E-state index in [1.807, 2.05) is 0 Å². The van der Waals surface area contributed by atoms with Gasteiger partial charge >= 0.3 is 0 Å². The third kappa shape index (κ3) is 1.50. The summed E-state index contributed by atoms with van der Waals surface area (Å²) in [7, 11) is 0. The molecule has 0 aliphatic heterocycles. The molecule has 0 amide bonds. The molecular formula is C7H5F3. The fraction of sp³-hybridized carbons (Fsp3) is 0.143. The van der Waals surface area contributed by atoms with Crippen molar-refractivity contribution in [2.75, 3.05) is 0 Å². The number of hydrogen-bond acceptors (Lipinski definition) is 0. The van der Waals surface area contributed by atoms with E-state index in [1.165, 1.54) is 0 Å². The maximum absolute atomic E-state index is 12.2. The van der Waals surface area contributed by atoms with Gasteiger partial charge < -0.3 is 0 Å². The molecule has 0 aromatic heterocycles. The molecule has 0 radical (unpaired) electrons. The molecule has 1 aromatic carbocycles. The third-order valence-electron chi connectivity index (χ3n) is 1.08.